The quantitative estimate of drug-likeness (QED) is 0.483. The third kappa shape index (κ3) is 3.42. The lowest BCUT2D eigenvalue weighted by molar-refractivity contribution is -0.146. The summed E-state index contributed by atoms with van der Waals surface area (Å²) in [5.41, 5.74) is 3.27. The van der Waals surface area contributed by atoms with Crippen molar-refractivity contribution in [2.45, 2.75) is 63.6 Å². The van der Waals surface area contributed by atoms with Gasteiger partial charge in [0.25, 0.3) is 5.91 Å². The number of aromatic nitrogens is 5. The maximum absolute atomic E-state index is 13.4. The van der Waals surface area contributed by atoms with Gasteiger partial charge in [-0.05, 0) is 52.5 Å². The summed E-state index contributed by atoms with van der Waals surface area (Å²) in [5.74, 6) is 0.205. The van der Waals surface area contributed by atoms with E-state index in [9.17, 15) is 4.79 Å². The zero-order valence-corrected chi connectivity index (χ0v) is 19.6. The minimum atomic E-state index is -0.291. The van der Waals surface area contributed by atoms with Crippen LogP contribution in [0.4, 0.5) is 5.69 Å². The molecule has 9 heteroatoms. The van der Waals surface area contributed by atoms with Crippen molar-refractivity contribution in [1.82, 2.24) is 24.0 Å². The van der Waals surface area contributed by atoms with Crippen LogP contribution in [0, 0.1) is 0 Å². The summed E-state index contributed by atoms with van der Waals surface area (Å²) in [7, 11) is 0. The van der Waals surface area contributed by atoms with Crippen molar-refractivity contribution in [3.05, 3.63) is 54.4 Å². The number of nitrogens with one attached hydrogen (secondary N) is 1. The van der Waals surface area contributed by atoms with Crippen molar-refractivity contribution in [1.29, 1.82) is 0 Å². The van der Waals surface area contributed by atoms with E-state index < -0.39 is 0 Å². The van der Waals surface area contributed by atoms with E-state index in [-0.39, 0.29) is 23.0 Å². The van der Waals surface area contributed by atoms with Gasteiger partial charge in [0.1, 0.15) is 17.1 Å². The lowest BCUT2D eigenvalue weighted by atomic mass is 9.65. The van der Waals surface area contributed by atoms with Crippen molar-refractivity contribution in [2.24, 2.45) is 0 Å². The van der Waals surface area contributed by atoms with Gasteiger partial charge < -0.3 is 19.2 Å². The fourth-order valence-electron chi connectivity index (χ4n) is 5.09. The van der Waals surface area contributed by atoms with E-state index in [4.69, 9.17) is 14.5 Å². The molecule has 0 radical (unpaired) electrons. The highest BCUT2D eigenvalue weighted by molar-refractivity contribution is 6.07. The summed E-state index contributed by atoms with van der Waals surface area (Å²) in [6.07, 6.45) is 13.0. The SMILES string of the molecule is CC(C)Oc1cc2nc(C34CCC(C)(CC3)OC4)cn2cc1C(=O)Nc1cnn2cccnc12. The molecule has 1 aliphatic carbocycles. The number of rotatable bonds is 5. The molecule has 6 heterocycles. The van der Waals surface area contributed by atoms with E-state index in [0.717, 1.165) is 37.0 Å². The number of hydrogen-bond donors (Lipinski definition) is 1. The summed E-state index contributed by atoms with van der Waals surface area (Å²) in [6.45, 7) is 6.78. The van der Waals surface area contributed by atoms with E-state index >= 15 is 0 Å². The number of anilines is 1. The standard InChI is InChI=1S/C25H28N6O3/c1-16(2)34-19-11-21-29-20(25-7-5-24(3,6-8-25)33-15-25)14-30(21)13-17(19)23(32)28-18-12-27-31-10-4-9-26-22(18)31/h4,9-14,16H,5-8,15H2,1-3H3,(H,28,32). The average molecular weight is 461 g/mol. The lowest BCUT2D eigenvalue weighted by Gasteiger charge is -2.51. The molecule has 2 bridgehead atoms. The molecule has 2 saturated heterocycles. The maximum atomic E-state index is 13.4. The molecule has 2 aliphatic heterocycles. The minimum absolute atomic E-state index is 0.0113. The zero-order valence-electron chi connectivity index (χ0n) is 19.6. The highest BCUT2D eigenvalue weighted by Crippen LogP contribution is 2.49. The molecule has 176 valence electrons. The van der Waals surface area contributed by atoms with Crippen LogP contribution < -0.4 is 10.1 Å². The van der Waals surface area contributed by atoms with E-state index in [1.54, 1.807) is 35.4 Å². The molecule has 4 aromatic heterocycles. The Labute approximate surface area is 197 Å². The van der Waals surface area contributed by atoms with E-state index in [2.05, 4.69) is 22.3 Å². The summed E-state index contributed by atoms with van der Waals surface area (Å²) in [5, 5.41) is 7.19. The molecular weight excluding hydrogens is 432 g/mol. The first kappa shape index (κ1) is 21.1. The molecule has 4 aromatic rings. The molecule has 3 aliphatic rings. The van der Waals surface area contributed by atoms with Crippen molar-refractivity contribution < 1.29 is 14.3 Å². The normalized spacial score (nSPS) is 24.2. The Morgan fingerprint density at radius 2 is 2.06 bits per heavy atom. The molecule has 0 aromatic carbocycles. The lowest BCUT2D eigenvalue weighted by Crippen LogP contribution is -2.51. The van der Waals surface area contributed by atoms with Gasteiger partial charge in [-0.25, -0.2) is 14.5 Å². The Morgan fingerprint density at radius 3 is 2.79 bits per heavy atom. The van der Waals surface area contributed by atoms with Crippen LogP contribution in [-0.4, -0.2) is 48.2 Å². The number of nitrogens with zero attached hydrogens (tertiary/aromatic N) is 5. The molecule has 3 fully saturated rings. The number of imidazole rings is 1. The van der Waals surface area contributed by atoms with Crippen LogP contribution in [-0.2, 0) is 10.2 Å². The fraction of sp³-hybridized carbons (Fsp3) is 0.440. The van der Waals surface area contributed by atoms with Crippen LogP contribution in [0.25, 0.3) is 11.3 Å². The van der Waals surface area contributed by atoms with E-state index in [1.165, 1.54) is 0 Å². The van der Waals surface area contributed by atoms with Crippen LogP contribution in [0.1, 0.15) is 62.5 Å². The Morgan fingerprint density at radius 1 is 1.24 bits per heavy atom. The predicted molar refractivity (Wildman–Crippen MR) is 126 cm³/mol. The smallest absolute Gasteiger partial charge is 0.261 e. The predicted octanol–water partition coefficient (Wildman–Crippen LogP) is 4.02. The minimum Gasteiger partial charge on any atom is -0.490 e. The molecular formula is C25H28N6O3. The van der Waals surface area contributed by atoms with Gasteiger partial charge in [-0.3, -0.25) is 4.79 Å². The number of pyridine rings is 1. The Kier molecular flexibility index (Phi) is 4.67. The Bertz CT molecular complexity index is 1380. The second kappa shape index (κ2) is 7.53. The summed E-state index contributed by atoms with van der Waals surface area (Å²) < 4.78 is 15.8. The first-order valence-electron chi connectivity index (χ1n) is 11.8. The number of fused-ring (bicyclic) bond motifs is 5. The van der Waals surface area contributed by atoms with Crippen molar-refractivity contribution in [3.8, 4) is 5.75 Å². The molecule has 0 spiro atoms. The van der Waals surface area contributed by atoms with Gasteiger partial charge in [0.05, 0.1) is 35.8 Å². The van der Waals surface area contributed by atoms with Crippen molar-refractivity contribution in [2.75, 3.05) is 11.9 Å². The summed E-state index contributed by atoms with van der Waals surface area (Å²) in [6, 6.07) is 3.63. The van der Waals surface area contributed by atoms with Gasteiger partial charge in [0.2, 0.25) is 0 Å². The average Bonchev–Trinajstić information content (AvgIpc) is 3.43. The Hall–Kier alpha value is -3.46. The molecule has 1 saturated carbocycles. The highest BCUT2D eigenvalue weighted by Gasteiger charge is 2.49. The maximum Gasteiger partial charge on any atom is 0.261 e. The first-order valence-corrected chi connectivity index (χ1v) is 11.8. The fourth-order valence-corrected chi connectivity index (χ4v) is 5.09. The molecule has 9 nitrogen and oxygen atoms in total. The van der Waals surface area contributed by atoms with Crippen LogP contribution in [0.3, 0.4) is 0 Å². The van der Waals surface area contributed by atoms with Crippen LogP contribution in [0.2, 0.25) is 0 Å². The van der Waals surface area contributed by atoms with Crippen molar-refractivity contribution in [3.63, 3.8) is 0 Å². The van der Waals surface area contributed by atoms with Gasteiger partial charge >= 0.3 is 0 Å². The second-order valence-electron chi connectivity index (χ2n) is 10.0. The number of hydrogen-bond acceptors (Lipinski definition) is 6. The van der Waals surface area contributed by atoms with Gasteiger partial charge in [-0.1, -0.05) is 0 Å². The topological polar surface area (TPSA) is 95.0 Å². The summed E-state index contributed by atoms with van der Waals surface area (Å²) >= 11 is 0. The van der Waals surface area contributed by atoms with Crippen molar-refractivity contribution >= 4 is 22.9 Å². The van der Waals surface area contributed by atoms with Gasteiger partial charge in [-0.15, -0.1) is 0 Å². The van der Waals surface area contributed by atoms with Gasteiger partial charge in [0.15, 0.2) is 5.65 Å². The van der Waals surface area contributed by atoms with Crippen LogP contribution >= 0.6 is 0 Å². The third-order valence-corrected chi connectivity index (χ3v) is 7.19. The third-order valence-electron chi connectivity index (χ3n) is 7.19. The first-order chi connectivity index (χ1) is 16.3. The highest BCUT2D eigenvalue weighted by atomic mass is 16.5. The molecule has 34 heavy (non-hydrogen) atoms. The number of amides is 1. The molecule has 0 unspecified atom stereocenters. The zero-order chi connectivity index (χ0) is 23.5. The van der Waals surface area contributed by atoms with E-state index in [0.29, 0.717) is 29.3 Å². The molecule has 1 N–H and O–H groups in total. The molecule has 1 amide bonds. The largest absolute Gasteiger partial charge is 0.490 e. The van der Waals surface area contributed by atoms with Gasteiger partial charge in [-0.2, -0.15) is 5.10 Å². The summed E-state index contributed by atoms with van der Waals surface area (Å²) in [4.78, 5) is 22.6. The number of carbonyl (C=O) groups excluding carboxylic acids is 1. The van der Waals surface area contributed by atoms with Gasteiger partial charge in [0, 0.05) is 36.3 Å². The molecule has 0 atom stereocenters. The number of ether oxygens (including phenoxy) is 2. The monoisotopic (exact) mass is 460 g/mol. The molecule has 7 rings (SSSR count). The Balaban J connectivity index is 1.37. The number of carbonyl (C=O) groups is 1. The van der Waals surface area contributed by atoms with E-state index in [1.807, 2.05) is 30.5 Å². The van der Waals surface area contributed by atoms with Crippen LogP contribution in [0.5, 0.6) is 5.75 Å². The van der Waals surface area contributed by atoms with Crippen LogP contribution in [0.15, 0.2) is 43.1 Å². The second-order valence-corrected chi connectivity index (χ2v) is 10.0.